The maximum Gasteiger partial charge on any atom is 0.165 e. The van der Waals surface area contributed by atoms with E-state index in [1.807, 2.05) is 0 Å². The lowest BCUT2D eigenvalue weighted by Gasteiger charge is -2.12. The summed E-state index contributed by atoms with van der Waals surface area (Å²) in [7, 11) is 0. The molecule has 0 N–H and O–H groups in total. The molecule has 0 radical (unpaired) electrons. The van der Waals surface area contributed by atoms with Crippen molar-refractivity contribution in [2.45, 2.75) is 0 Å². The molecule has 9 nitrogen and oxygen atoms in total. The van der Waals surface area contributed by atoms with E-state index in [0.717, 1.165) is 98.5 Å². The summed E-state index contributed by atoms with van der Waals surface area (Å²) in [4.78, 5) is 46.8. The van der Waals surface area contributed by atoms with E-state index in [9.17, 15) is 0 Å². The maximum absolute atomic E-state index is 5.21. The van der Waals surface area contributed by atoms with Gasteiger partial charge in [-0.15, -0.1) is 34.0 Å². The van der Waals surface area contributed by atoms with Crippen molar-refractivity contribution in [3.63, 3.8) is 0 Å². The van der Waals surface area contributed by atoms with Gasteiger partial charge < -0.3 is 0 Å². The van der Waals surface area contributed by atoms with Crippen LogP contribution in [0.25, 0.3) is 294 Å². The highest BCUT2D eigenvalue weighted by Gasteiger charge is 2.25. The standard InChI is InChI=1S/C47H29N3S.2C45H27N3S/c1-2-10-30(11-3-1)31-20-22-32(23-21-31)35-26-24-33-25-27-36(29-37(33)28-35)45-48-46(41-17-8-13-34-12-4-5-14-38(34)41)50-47(49-45)42-18-9-16-40-39-15-6-7-19-43(39)51-44(40)42;1-3-14-34-29(10-1)12-7-17-36(34)31-24-22-28-23-25-32(27-33(28)26-31)43-46-44(39-19-8-13-30-11-2-4-15-35(30)39)48-45(47-43)40-20-9-18-38-37-16-5-6-21-41(37)49-42(38)40;1-2-11-31-25-32(22-19-28(31)9-1)33-23-20-29-21-24-34(27-35(29)26-33)43-46-44(39-16-7-12-30-10-3-4-13-36(30)39)48-45(47-43)40-17-8-15-38-37-14-5-6-18-41(37)49-42(38)40/h1-29H;2*1-27H. The zero-order valence-electron chi connectivity index (χ0n) is 80.2. The molecule has 0 saturated carbocycles. The Morgan fingerprint density at radius 3 is 0.685 bits per heavy atom. The van der Waals surface area contributed by atoms with E-state index in [1.54, 1.807) is 34.0 Å². The summed E-state index contributed by atoms with van der Waals surface area (Å²) in [5.41, 5.74) is 18.4. The summed E-state index contributed by atoms with van der Waals surface area (Å²) in [5.74, 6) is 5.99. The van der Waals surface area contributed by atoms with Gasteiger partial charge in [-0.25, -0.2) is 44.9 Å². The quantitative estimate of drug-likeness (QED) is 0.111. The minimum atomic E-state index is 0.653. The predicted octanol–water partition coefficient (Wildman–Crippen LogP) is 37.6. The van der Waals surface area contributed by atoms with E-state index in [-0.39, 0.29) is 0 Å². The first-order valence-electron chi connectivity index (χ1n) is 50.0. The number of hydrogen-bond acceptors (Lipinski definition) is 12. The van der Waals surface area contributed by atoms with Crippen LogP contribution in [0, 0.1) is 0 Å². The molecule has 6 aromatic heterocycles. The lowest BCUT2D eigenvalue weighted by Crippen LogP contribution is -2.00. The normalized spacial score (nSPS) is 11.6. The summed E-state index contributed by atoms with van der Waals surface area (Å²) in [5, 5.41) is 26.1. The van der Waals surface area contributed by atoms with Gasteiger partial charge in [0.25, 0.3) is 0 Å². The predicted molar refractivity (Wildman–Crippen MR) is 629 cm³/mol. The molecule has 12 heteroatoms. The third-order valence-corrected chi connectivity index (χ3v) is 32.4. The number of benzene rings is 24. The Kier molecular flexibility index (Phi) is 22.0. The molecule has 30 rings (SSSR count). The molecular weight excluding hydrogens is 1870 g/mol. The zero-order chi connectivity index (χ0) is 98.4. The van der Waals surface area contributed by atoms with Crippen LogP contribution in [0.4, 0.5) is 0 Å². The van der Waals surface area contributed by atoms with Crippen LogP contribution < -0.4 is 0 Å². The van der Waals surface area contributed by atoms with Gasteiger partial charge in [-0.3, -0.25) is 0 Å². The first-order valence-corrected chi connectivity index (χ1v) is 52.4. The summed E-state index contributed by atoms with van der Waals surface area (Å²) in [6.45, 7) is 0. The van der Waals surface area contributed by atoms with E-state index in [4.69, 9.17) is 44.9 Å². The van der Waals surface area contributed by atoms with Crippen molar-refractivity contribution >= 4 is 181 Å². The van der Waals surface area contributed by atoms with Gasteiger partial charge in [0.1, 0.15) is 0 Å². The van der Waals surface area contributed by atoms with Crippen molar-refractivity contribution in [2.75, 3.05) is 0 Å². The van der Waals surface area contributed by atoms with Crippen molar-refractivity contribution in [3.05, 3.63) is 504 Å². The van der Waals surface area contributed by atoms with Crippen molar-refractivity contribution in [3.8, 4) is 147 Å². The fourth-order valence-electron chi connectivity index (χ4n) is 21.3. The van der Waals surface area contributed by atoms with Gasteiger partial charge in [0, 0.05) is 111 Å². The number of nitrogens with zero attached hydrogens (tertiary/aromatic N) is 9. The Labute approximate surface area is 869 Å². The highest BCUT2D eigenvalue weighted by Crippen LogP contribution is 2.47. The Bertz CT molecular complexity index is 10600. The smallest absolute Gasteiger partial charge is 0.165 e. The number of hydrogen-bond donors (Lipinski definition) is 0. The monoisotopic (exact) mass is 1950 g/mol. The molecule has 0 saturated heterocycles. The number of fused-ring (bicyclic) bond motifs is 17. The molecule has 694 valence electrons. The summed E-state index contributed by atoms with van der Waals surface area (Å²) in [6.07, 6.45) is 0. The second kappa shape index (κ2) is 37.3. The molecule has 0 unspecified atom stereocenters. The molecule has 0 aliphatic heterocycles. The largest absolute Gasteiger partial charge is 0.208 e. The van der Waals surface area contributed by atoms with Gasteiger partial charge in [-0.1, -0.05) is 425 Å². The molecule has 149 heavy (non-hydrogen) atoms. The topological polar surface area (TPSA) is 116 Å². The van der Waals surface area contributed by atoms with E-state index in [1.165, 1.54) is 143 Å². The van der Waals surface area contributed by atoms with Gasteiger partial charge in [-0.2, -0.15) is 0 Å². The van der Waals surface area contributed by atoms with Gasteiger partial charge in [-0.05, 0) is 210 Å². The fourth-order valence-corrected chi connectivity index (χ4v) is 24.9. The molecule has 24 aromatic carbocycles. The highest BCUT2D eigenvalue weighted by atomic mass is 32.1. The highest BCUT2D eigenvalue weighted by molar-refractivity contribution is 7.27. The molecular formula is C137H83N9S3. The van der Waals surface area contributed by atoms with Crippen LogP contribution in [0.1, 0.15) is 0 Å². The van der Waals surface area contributed by atoms with Gasteiger partial charge in [0.15, 0.2) is 52.4 Å². The lowest BCUT2D eigenvalue weighted by molar-refractivity contribution is 1.08. The van der Waals surface area contributed by atoms with Crippen LogP contribution in [0.15, 0.2) is 504 Å². The molecule has 0 aliphatic rings. The molecule has 0 atom stereocenters. The van der Waals surface area contributed by atoms with Gasteiger partial charge >= 0.3 is 0 Å². The average Bonchev–Trinajstić information content (AvgIpc) is 1.51. The molecule has 0 spiro atoms. The van der Waals surface area contributed by atoms with E-state index in [2.05, 4.69) is 504 Å². The summed E-state index contributed by atoms with van der Waals surface area (Å²) < 4.78 is 7.31. The second-order valence-electron chi connectivity index (χ2n) is 37.7. The number of rotatable bonds is 13. The molecule has 0 aliphatic carbocycles. The van der Waals surface area contributed by atoms with Crippen molar-refractivity contribution < 1.29 is 0 Å². The van der Waals surface area contributed by atoms with Crippen LogP contribution >= 0.6 is 34.0 Å². The average molecular weight is 1950 g/mol. The minimum absolute atomic E-state index is 0.653. The Morgan fingerprint density at radius 1 is 0.107 bits per heavy atom. The third kappa shape index (κ3) is 16.4. The molecule has 30 aromatic rings. The fraction of sp³-hybridized carbons (Fsp3) is 0. The Morgan fingerprint density at radius 2 is 0.315 bits per heavy atom. The van der Waals surface area contributed by atoms with Gasteiger partial charge in [0.2, 0.25) is 0 Å². The molecule has 0 amide bonds. The molecule has 6 heterocycles. The van der Waals surface area contributed by atoms with Crippen LogP contribution in [-0.4, -0.2) is 44.9 Å². The number of thiophene rings is 3. The van der Waals surface area contributed by atoms with E-state index < -0.39 is 0 Å². The lowest BCUT2D eigenvalue weighted by atomic mass is 9.95. The summed E-state index contributed by atoms with van der Waals surface area (Å²) >= 11 is 5.37. The SMILES string of the molecule is c1ccc(-c2ccc(-c3ccc4ccc(-c5nc(-c6cccc7ccccc67)nc(-c6cccc7c6sc6ccccc67)n5)cc4c3)cc2)cc1.c1ccc2c(-c3ccc4ccc(-c5nc(-c6cccc7ccccc67)nc(-c6cccc7c6sc6ccccc67)n5)cc4c3)cccc2c1.c1ccc2cc(-c3ccc4ccc(-c5nc(-c6cccc7ccccc67)nc(-c6cccc7c6sc6ccccc67)n5)cc4c3)ccc2c1. The maximum atomic E-state index is 5.21. The van der Waals surface area contributed by atoms with Crippen LogP contribution in [0.2, 0.25) is 0 Å². The molecule has 0 bridgehead atoms. The number of aromatic nitrogens is 9. The summed E-state index contributed by atoms with van der Waals surface area (Å²) in [6, 6.07) is 178. The Balaban J connectivity index is 0.000000108. The minimum Gasteiger partial charge on any atom is -0.208 e. The van der Waals surface area contributed by atoms with Crippen molar-refractivity contribution in [2.24, 2.45) is 0 Å². The van der Waals surface area contributed by atoms with Crippen LogP contribution in [0.5, 0.6) is 0 Å². The van der Waals surface area contributed by atoms with E-state index in [0.29, 0.717) is 52.4 Å². The van der Waals surface area contributed by atoms with Gasteiger partial charge in [0.05, 0.1) is 0 Å². The first kappa shape index (κ1) is 87.8. The zero-order valence-corrected chi connectivity index (χ0v) is 82.6. The molecule has 0 fully saturated rings. The van der Waals surface area contributed by atoms with Crippen molar-refractivity contribution in [1.29, 1.82) is 0 Å². The van der Waals surface area contributed by atoms with Crippen LogP contribution in [0.3, 0.4) is 0 Å². The van der Waals surface area contributed by atoms with E-state index >= 15 is 0 Å². The Hall–Kier alpha value is -19.0. The van der Waals surface area contributed by atoms with Crippen LogP contribution in [-0.2, 0) is 0 Å². The first-order chi connectivity index (χ1) is 73.8. The second-order valence-corrected chi connectivity index (χ2v) is 40.9. The third-order valence-electron chi connectivity index (χ3n) is 28.7. The van der Waals surface area contributed by atoms with Crippen molar-refractivity contribution in [1.82, 2.24) is 44.9 Å².